The molecule has 0 aliphatic heterocycles. The van der Waals surface area contributed by atoms with Crippen molar-refractivity contribution in [3.05, 3.63) is 40.5 Å². The minimum Gasteiger partial charge on any atom is -0.492 e. The molecule has 8 heteroatoms. The molecule has 1 aromatic carbocycles. The van der Waals surface area contributed by atoms with Gasteiger partial charge in [0.2, 0.25) is 0 Å². The number of hydrogen-bond acceptors (Lipinski definition) is 5. The molecule has 0 bridgehead atoms. The van der Waals surface area contributed by atoms with Crippen molar-refractivity contribution < 1.29 is 13.2 Å². The maximum Gasteiger partial charge on any atom is 0.252 e. The zero-order chi connectivity index (χ0) is 15.5. The van der Waals surface area contributed by atoms with Crippen molar-refractivity contribution in [1.29, 1.82) is 0 Å². The van der Waals surface area contributed by atoms with E-state index >= 15 is 0 Å². The van der Waals surface area contributed by atoms with Crippen LogP contribution in [0.1, 0.15) is 12.5 Å². The van der Waals surface area contributed by atoms with E-state index in [1.165, 1.54) is 6.20 Å². The molecule has 1 N–H and O–H groups in total. The van der Waals surface area contributed by atoms with Crippen LogP contribution in [0.3, 0.4) is 0 Å². The SMILES string of the molecule is Cc1ccc(OCC(C)NS(=O)(=O)c2cnc(Cl)s2)cc1. The summed E-state index contributed by atoms with van der Waals surface area (Å²) in [6, 6.07) is 7.18. The zero-order valence-corrected chi connectivity index (χ0v) is 13.9. The zero-order valence-electron chi connectivity index (χ0n) is 11.5. The molecule has 0 aliphatic rings. The van der Waals surface area contributed by atoms with E-state index in [1.807, 2.05) is 31.2 Å². The molecule has 1 atom stereocenters. The van der Waals surface area contributed by atoms with Gasteiger partial charge in [0.05, 0.1) is 12.2 Å². The van der Waals surface area contributed by atoms with Crippen LogP contribution in [0.5, 0.6) is 5.75 Å². The van der Waals surface area contributed by atoms with Crippen LogP contribution in [0.25, 0.3) is 0 Å². The van der Waals surface area contributed by atoms with Gasteiger partial charge >= 0.3 is 0 Å². The summed E-state index contributed by atoms with van der Waals surface area (Å²) in [5.41, 5.74) is 1.14. The average molecular weight is 347 g/mol. The van der Waals surface area contributed by atoms with E-state index in [0.29, 0.717) is 5.75 Å². The van der Waals surface area contributed by atoms with E-state index in [1.54, 1.807) is 6.92 Å². The van der Waals surface area contributed by atoms with Gasteiger partial charge in [0.25, 0.3) is 10.0 Å². The summed E-state index contributed by atoms with van der Waals surface area (Å²) in [4.78, 5) is 3.73. The van der Waals surface area contributed by atoms with Gasteiger partial charge in [-0.2, -0.15) is 0 Å². The molecule has 0 fully saturated rings. The number of aromatic nitrogens is 1. The minimum atomic E-state index is -3.61. The molecule has 114 valence electrons. The molecule has 0 amide bonds. The third-order valence-electron chi connectivity index (χ3n) is 2.60. The Morgan fingerprint density at radius 2 is 2.05 bits per heavy atom. The number of benzene rings is 1. The smallest absolute Gasteiger partial charge is 0.252 e. The van der Waals surface area contributed by atoms with Crippen LogP contribution in [0.15, 0.2) is 34.7 Å². The van der Waals surface area contributed by atoms with Crippen LogP contribution >= 0.6 is 22.9 Å². The second-order valence-corrected chi connectivity index (χ2v) is 8.13. The molecule has 5 nitrogen and oxygen atoms in total. The third kappa shape index (κ3) is 4.67. The van der Waals surface area contributed by atoms with Crippen molar-refractivity contribution in [3.8, 4) is 5.75 Å². The third-order valence-corrected chi connectivity index (χ3v) is 5.76. The maximum atomic E-state index is 12.1. The molecule has 0 radical (unpaired) electrons. The van der Waals surface area contributed by atoms with Gasteiger partial charge in [-0.25, -0.2) is 18.1 Å². The fraction of sp³-hybridized carbons (Fsp3) is 0.308. The number of rotatable bonds is 6. The molecule has 1 aromatic heterocycles. The Kier molecular flexibility index (Phi) is 5.21. The highest BCUT2D eigenvalue weighted by Gasteiger charge is 2.20. The summed E-state index contributed by atoms with van der Waals surface area (Å²) >= 11 is 6.56. The molecule has 1 heterocycles. The topological polar surface area (TPSA) is 68.3 Å². The second-order valence-electron chi connectivity index (χ2n) is 4.58. The summed E-state index contributed by atoms with van der Waals surface area (Å²) in [6.07, 6.45) is 1.24. The number of halogens is 1. The molecule has 2 aromatic rings. The van der Waals surface area contributed by atoms with E-state index in [9.17, 15) is 8.42 Å². The molecule has 0 spiro atoms. The molecular formula is C13H15ClN2O3S2. The van der Waals surface area contributed by atoms with Gasteiger partial charge in [0.1, 0.15) is 12.4 Å². The van der Waals surface area contributed by atoms with Crippen LogP contribution in [0.2, 0.25) is 4.47 Å². The first-order chi connectivity index (χ1) is 9.87. The quantitative estimate of drug-likeness (QED) is 0.873. The van der Waals surface area contributed by atoms with Crippen molar-refractivity contribution in [2.45, 2.75) is 24.1 Å². The lowest BCUT2D eigenvalue weighted by molar-refractivity contribution is 0.287. The van der Waals surface area contributed by atoms with E-state index in [-0.39, 0.29) is 21.3 Å². The van der Waals surface area contributed by atoms with Gasteiger partial charge in [0.15, 0.2) is 8.68 Å². The number of nitrogens with zero attached hydrogens (tertiary/aromatic N) is 1. The van der Waals surface area contributed by atoms with Crippen LogP contribution in [0.4, 0.5) is 0 Å². The first kappa shape index (κ1) is 16.2. The van der Waals surface area contributed by atoms with Crippen molar-refractivity contribution in [2.75, 3.05) is 6.61 Å². The Balaban J connectivity index is 1.92. The summed E-state index contributed by atoms with van der Waals surface area (Å²) < 4.78 is 32.5. The molecule has 2 rings (SSSR count). The first-order valence-electron chi connectivity index (χ1n) is 6.20. The maximum absolute atomic E-state index is 12.1. The number of nitrogens with one attached hydrogen (secondary N) is 1. The normalized spacial score (nSPS) is 13.1. The van der Waals surface area contributed by atoms with Gasteiger partial charge in [-0.3, -0.25) is 0 Å². The fourth-order valence-electron chi connectivity index (χ4n) is 1.58. The average Bonchev–Trinajstić information content (AvgIpc) is 2.85. The van der Waals surface area contributed by atoms with Crippen LogP contribution in [-0.2, 0) is 10.0 Å². The predicted octanol–water partition coefficient (Wildman–Crippen LogP) is 2.85. The monoisotopic (exact) mass is 346 g/mol. The van der Waals surface area contributed by atoms with Gasteiger partial charge < -0.3 is 4.74 Å². The highest BCUT2D eigenvalue weighted by Crippen LogP contribution is 2.22. The first-order valence-corrected chi connectivity index (χ1v) is 8.88. The van der Waals surface area contributed by atoms with Crippen molar-refractivity contribution >= 4 is 33.0 Å². The van der Waals surface area contributed by atoms with E-state index < -0.39 is 10.0 Å². The molecule has 21 heavy (non-hydrogen) atoms. The summed E-state index contributed by atoms with van der Waals surface area (Å²) in [6.45, 7) is 3.95. The van der Waals surface area contributed by atoms with Gasteiger partial charge in [0, 0.05) is 0 Å². The van der Waals surface area contributed by atoms with Gasteiger partial charge in [-0.15, -0.1) is 0 Å². The molecule has 0 aliphatic carbocycles. The lowest BCUT2D eigenvalue weighted by Gasteiger charge is -2.14. The van der Waals surface area contributed by atoms with E-state index in [4.69, 9.17) is 16.3 Å². The Hall–Kier alpha value is -1.15. The number of thiazole rings is 1. The largest absolute Gasteiger partial charge is 0.492 e. The highest BCUT2D eigenvalue weighted by atomic mass is 35.5. The van der Waals surface area contributed by atoms with Crippen LogP contribution in [0, 0.1) is 6.92 Å². The lowest BCUT2D eigenvalue weighted by Crippen LogP contribution is -2.36. The van der Waals surface area contributed by atoms with Crippen LogP contribution in [-0.4, -0.2) is 26.1 Å². The number of hydrogen-bond donors (Lipinski definition) is 1. The van der Waals surface area contributed by atoms with Crippen molar-refractivity contribution in [1.82, 2.24) is 9.71 Å². The number of sulfonamides is 1. The predicted molar refractivity (Wildman–Crippen MR) is 83.6 cm³/mol. The Morgan fingerprint density at radius 3 is 2.62 bits per heavy atom. The van der Waals surface area contributed by atoms with E-state index in [0.717, 1.165) is 16.9 Å². The highest BCUT2D eigenvalue weighted by molar-refractivity contribution is 7.91. The lowest BCUT2D eigenvalue weighted by atomic mass is 10.2. The standard InChI is InChI=1S/C13H15ClN2O3S2/c1-9-3-5-11(6-4-9)19-8-10(2)16-21(17,18)12-7-15-13(14)20-12/h3-7,10,16H,8H2,1-2H3. The minimum absolute atomic E-state index is 0.0923. The molecule has 1 unspecified atom stereocenters. The van der Waals surface area contributed by atoms with Crippen molar-refractivity contribution in [3.63, 3.8) is 0 Å². The van der Waals surface area contributed by atoms with E-state index in [2.05, 4.69) is 9.71 Å². The molecular weight excluding hydrogens is 332 g/mol. The summed E-state index contributed by atoms with van der Waals surface area (Å²) in [7, 11) is -3.61. The Morgan fingerprint density at radius 1 is 1.38 bits per heavy atom. The molecule has 0 saturated carbocycles. The number of aryl methyl sites for hydroxylation is 1. The molecule has 0 saturated heterocycles. The van der Waals surface area contributed by atoms with Gasteiger partial charge in [-0.1, -0.05) is 40.6 Å². The number of ether oxygens (including phenoxy) is 1. The summed E-state index contributed by atoms with van der Waals surface area (Å²) in [5, 5.41) is 0. The van der Waals surface area contributed by atoms with Crippen molar-refractivity contribution in [2.24, 2.45) is 0 Å². The van der Waals surface area contributed by atoms with Crippen LogP contribution < -0.4 is 9.46 Å². The Labute approximate surface area is 133 Å². The fourth-order valence-corrected chi connectivity index (χ4v) is 4.11. The summed E-state index contributed by atoms with van der Waals surface area (Å²) in [5.74, 6) is 0.701. The van der Waals surface area contributed by atoms with Gasteiger partial charge in [-0.05, 0) is 26.0 Å². The second kappa shape index (κ2) is 6.74. The Bertz CT molecular complexity index is 698.